The fourth-order valence-electron chi connectivity index (χ4n) is 2.76. The van der Waals surface area contributed by atoms with Crippen LogP contribution in [0.2, 0.25) is 0 Å². The first-order valence-corrected chi connectivity index (χ1v) is 7.94. The Morgan fingerprint density at radius 1 is 1.13 bits per heavy atom. The summed E-state index contributed by atoms with van der Waals surface area (Å²) in [6.45, 7) is 3.16. The van der Waals surface area contributed by atoms with E-state index in [0.717, 1.165) is 38.2 Å². The van der Waals surface area contributed by atoms with Crippen LogP contribution in [0, 0.1) is 0 Å². The van der Waals surface area contributed by atoms with E-state index in [1.54, 1.807) is 29.4 Å². The number of amides is 1. The van der Waals surface area contributed by atoms with Crippen molar-refractivity contribution in [2.45, 2.75) is 19.4 Å². The Hall–Kier alpha value is -2.53. The molecule has 1 fully saturated rings. The van der Waals surface area contributed by atoms with E-state index < -0.39 is 0 Å². The standard InChI is InChI=1S/C18H20N4O/c23-18(16-7-4-10-19-13-16)21-20-17-8-11-22(12-9-17)14-15-5-2-1-3-6-15/h1-7,10,13H,8-9,11-12,14H2,(H,21,23)/p+1. The van der Waals surface area contributed by atoms with Crippen LogP contribution in [-0.2, 0) is 6.54 Å². The number of pyridine rings is 1. The number of likely N-dealkylation sites (tertiary alicyclic amines) is 1. The van der Waals surface area contributed by atoms with Crippen LogP contribution in [0.4, 0.5) is 0 Å². The molecule has 2 N–H and O–H groups in total. The van der Waals surface area contributed by atoms with E-state index in [0.29, 0.717) is 5.56 Å². The Morgan fingerprint density at radius 3 is 2.61 bits per heavy atom. The second-order valence-electron chi connectivity index (χ2n) is 5.77. The molecular formula is C18H21N4O+. The smallest absolute Gasteiger partial charge is 0.272 e. The number of hydrazone groups is 1. The lowest BCUT2D eigenvalue weighted by Crippen LogP contribution is -3.11. The third-order valence-electron chi connectivity index (χ3n) is 4.07. The van der Waals surface area contributed by atoms with E-state index in [4.69, 9.17) is 0 Å². The summed E-state index contributed by atoms with van der Waals surface area (Å²) in [5.74, 6) is -0.204. The Morgan fingerprint density at radius 2 is 1.91 bits per heavy atom. The molecule has 2 heterocycles. The Labute approximate surface area is 136 Å². The molecule has 0 unspecified atom stereocenters. The summed E-state index contributed by atoms with van der Waals surface area (Å²) in [5.41, 5.74) is 5.60. The molecule has 0 saturated carbocycles. The molecule has 1 aromatic carbocycles. The molecule has 5 nitrogen and oxygen atoms in total. The summed E-state index contributed by atoms with van der Waals surface area (Å²) in [6.07, 6.45) is 5.04. The van der Waals surface area contributed by atoms with Gasteiger partial charge in [-0.2, -0.15) is 5.10 Å². The zero-order valence-corrected chi connectivity index (χ0v) is 13.0. The molecule has 0 spiro atoms. The van der Waals surface area contributed by atoms with Crippen molar-refractivity contribution in [3.8, 4) is 0 Å². The fraction of sp³-hybridized carbons (Fsp3) is 0.278. The van der Waals surface area contributed by atoms with E-state index in [-0.39, 0.29) is 5.91 Å². The molecule has 0 radical (unpaired) electrons. The molecule has 5 heteroatoms. The van der Waals surface area contributed by atoms with E-state index in [2.05, 4.69) is 39.8 Å². The number of nitrogens with one attached hydrogen (secondary N) is 2. The molecular weight excluding hydrogens is 288 g/mol. The maximum absolute atomic E-state index is 11.9. The molecule has 1 aliphatic heterocycles. The molecule has 0 bridgehead atoms. The lowest BCUT2D eigenvalue weighted by Gasteiger charge is -2.24. The minimum atomic E-state index is -0.204. The highest BCUT2D eigenvalue weighted by molar-refractivity contribution is 5.95. The third kappa shape index (κ3) is 4.47. The summed E-state index contributed by atoms with van der Waals surface area (Å²) < 4.78 is 0. The number of nitrogens with zero attached hydrogens (tertiary/aromatic N) is 2. The first-order valence-electron chi connectivity index (χ1n) is 7.94. The van der Waals surface area contributed by atoms with Crippen molar-refractivity contribution in [2.75, 3.05) is 13.1 Å². The Kier molecular flexibility index (Phi) is 5.11. The Bertz CT molecular complexity index is 660. The van der Waals surface area contributed by atoms with Crippen molar-refractivity contribution in [1.82, 2.24) is 10.4 Å². The van der Waals surface area contributed by atoms with E-state index in [1.807, 2.05) is 6.07 Å². The van der Waals surface area contributed by atoms with Gasteiger partial charge in [0.1, 0.15) is 6.54 Å². The number of aromatic nitrogens is 1. The number of hydrogen-bond acceptors (Lipinski definition) is 3. The van der Waals surface area contributed by atoms with Crippen molar-refractivity contribution in [3.05, 3.63) is 66.0 Å². The van der Waals surface area contributed by atoms with E-state index >= 15 is 0 Å². The number of carbonyl (C=O) groups is 1. The summed E-state index contributed by atoms with van der Waals surface area (Å²) in [5, 5.41) is 4.28. The van der Waals surface area contributed by atoms with Gasteiger partial charge in [0.25, 0.3) is 5.91 Å². The lowest BCUT2D eigenvalue weighted by atomic mass is 10.1. The van der Waals surface area contributed by atoms with E-state index in [9.17, 15) is 4.79 Å². The van der Waals surface area contributed by atoms with Crippen LogP contribution in [-0.4, -0.2) is 29.7 Å². The minimum absolute atomic E-state index is 0.204. The van der Waals surface area contributed by atoms with Crippen LogP contribution in [0.15, 0.2) is 60.0 Å². The highest BCUT2D eigenvalue weighted by Crippen LogP contribution is 2.00. The van der Waals surface area contributed by atoms with Gasteiger partial charge >= 0.3 is 0 Å². The molecule has 3 rings (SSSR count). The molecule has 0 aliphatic carbocycles. The van der Waals surface area contributed by atoms with Crippen LogP contribution in [0.5, 0.6) is 0 Å². The zero-order chi connectivity index (χ0) is 15.9. The highest BCUT2D eigenvalue weighted by atomic mass is 16.2. The monoisotopic (exact) mass is 309 g/mol. The molecule has 2 aromatic rings. The summed E-state index contributed by atoms with van der Waals surface area (Å²) in [4.78, 5) is 17.4. The molecule has 1 aromatic heterocycles. The number of quaternary nitrogens is 1. The number of hydrogen-bond donors (Lipinski definition) is 2. The van der Waals surface area contributed by atoms with Crippen molar-refractivity contribution in [2.24, 2.45) is 5.10 Å². The second-order valence-corrected chi connectivity index (χ2v) is 5.77. The van der Waals surface area contributed by atoms with Gasteiger partial charge < -0.3 is 4.90 Å². The van der Waals surface area contributed by atoms with Crippen LogP contribution in [0.1, 0.15) is 28.8 Å². The maximum atomic E-state index is 11.9. The predicted molar refractivity (Wildman–Crippen MR) is 89.2 cm³/mol. The average Bonchev–Trinajstić information content (AvgIpc) is 2.62. The maximum Gasteiger partial charge on any atom is 0.272 e. The molecule has 23 heavy (non-hydrogen) atoms. The summed E-state index contributed by atoms with van der Waals surface area (Å²) in [7, 11) is 0. The lowest BCUT2D eigenvalue weighted by molar-refractivity contribution is -0.914. The van der Waals surface area contributed by atoms with Crippen molar-refractivity contribution >= 4 is 11.6 Å². The Balaban J connectivity index is 1.48. The molecule has 1 amide bonds. The minimum Gasteiger partial charge on any atom is -0.331 e. The largest absolute Gasteiger partial charge is 0.331 e. The SMILES string of the molecule is O=C(NN=C1CC[NH+](Cc2ccccc2)CC1)c1cccnc1. The molecule has 1 saturated heterocycles. The van der Waals surface area contributed by atoms with Crippen molar-refractivity contribution in [1.29, 1.82) is 0 Å². The second kappa shape index (κ2) is 7.65. The quantitative estimate of drug-likeness (QED) is 0.829. The number of piperidine rings is 1. The molecule has 0 atom stereocenters. The van der Waals surface area contributed by atoms with Gasteiger partial charge in [-0.25, -0.2) is 5.43 Å². The van der Waals surface area contributed by atoms with Gasteiger partial charge in [0.2, 0.25) is 0 Å². The summed E-state index contributed by atoms with van der Waals surface area (Å²) in [6, 6.07) is 14.0. The molecule has 1 aliphatic rings. The topological polar surface area (TPSA) is 58.8 Å². The highest BCUT2D eigenvalue weighted by Gasteiger charge is 2.18. The van der Waals surface area contributed by atoms with Gasteiger partial charge in [-0.1, -0.05) is 30.3 Å². The van der Waals surface area contributed by atoms with Gasteiger partial charge in [0.05, 0.1) is 18.7 Å². The third-order valence-corrected chi connectivity index (χ3v) is 4.07. The van der Waals surface area contributed by atoms with Crippen LogP contribution < -0.4 is 10.3 Å². The first kappa shape index (κ1) is 15.4. The van der Waals surface area contributed by atoms with Crippen LogP contribution in [0.3, 0.4) is 0 Å². The van der Waals surface area contributed by atoms with Crippen LogP contribution >= 0.6 is 0 Å². The van der Waals surface area contributed by atoms with Gasteiger partial charge in [0, 0.05) is 36.5 Å². The first-order chi connectivity index (χ1) is 11.3. The number of carbonyl (C=O) groups excluding carboxylic acids is 1. The predicted octanol–water partition coefficient (Wildman–Crippen LogP) is 1.05. The average molecular weight is 309 g/mol. The number of benzene rings is 1. The zero-order valence-electron chi connectivity index (χ0n) is 13.0. The molecule has 118 valence electrons. The van der Waals surface area contributed by atoms with Gasteiger partial charge in [-0.3, -0.25) is 9.78 Å². The van der Waals surface area contributed by atoms with E-state index in [1.165, 1.54) is 5.56 Å². The van der Waals surface area contributed by atoms with Crippen LogP contribution in [0.25, 0.3) is 0 Å². The van der Waals surface area contributed by atoms with Gasteiger partial charge in [-0.15, -0.1) is 0 Å². The summed E-state index contributed by atoms with van der Waals surface area (Å²) >= 11 is 0. The fourth-order valence-corrected chi connectivity index (χ4v) is 2.76. The van der Waals surface area contributed by atoms with Gasteiger partial charge in [0.15, 0.2) is 0 Å². The number of rotatable bonds is 4. The van der Waals surface area contributed by atoms with Gasteiger partial charge in [-0.05, 0) is 12.1 Å². The normalized spacial score (nSPS) is 17.6. The van der Waals surface area contributed by atoms with Crippen molar-refractivity contribution in [3.63, 3.8) is 0 Å². The van der Waals surface area contributed by atoms with Crippen molar-refractivity contribution < 1.29 is 9.69 Å².